The first-order valence-electron chi connectivity index (χ1n) is 9.23. The molecule has 1 aromatic heterocycles. The molecule has 0 amide bonds. The molecule has 1 N–H and O–H groups in total. The quantitative estimate of drug-likeness (QED) is 0.710. The Morgan fingerprint density at radius 1 is 1.18 bits per heavy atom. The van der Waals surface area contributed by atoms with Gasteiger partial charge >= 0.3 is 5.97 Å². The second-order valence-corrected chi connectivity index (χ2v) is 7.16. The van der Waals surface area contributed by atoms with Gasteiger partial charge in [-0.2, -0.15) is 0 Å². The first-order chi connectivity index (χ1) is 13.4. The third-order valence-corrected chi connectivity index (χ3v) is 4.74. The van der Waals surface area contributed by atoms with Gasteiger partial charge in [-0.25, -0.2) is 4.79 Å². The Bertz CT molecular complexity index is 1170. The van der Waals surface area contributed by atoms with Crippen LogP contribution in [0.25, 0.3) is 22.6 Å². The molecule has 0 fully saturated rings. The third kappa shape index (κ3) is 3.31. The molecular weight excluding hydrogens is 356 g/mol. The molecule has 0 saturated carbocycles. The van der Waals surface area contributed by atoms with Crippen LogP contribution in [0.1, 0.15) is 47.5 Å². The summed E-state index contributed by atoms with van der Waals surface area (Å²) in [6.45, 7) is 3.96. The van der Waals surface area contributed by atoms with Gasteiger partial charge in [0.15, 0.2) is 5.43 Å². The van der Waals surface area contributed by atoms with Crippen LogP contribution in [-0.2, 0) is 6.42 Å². The van der Waals surface area contributed by atoms with Gasteiger partial charge in [0.05, 0.1) is 17.1 Å². The number of carboxylic acids is 1. The van der Waals surface area contributed by atoms with Gasteiger partial charge in [0.25, 0.3) is 0 Å². The number of benzene rings is 2. The van der Waals surface area contributed by atoms with Crippen LogP contribution in [0.5, 0.6) is 5.75 Å². The van der Waals surface area contributed by atoms with Gasteiger partial charge in [0.1, 0.15) is 17.1 Å². The predicted octanol–water partition coefficient (Wildman–Crippen LogP) is 4.77. The Labute approximate surface area is 161 Å². The number of rotatable bonds is 4. The molecule has 5 heteroatoms. The lowest BCUT2D eigenvalue weighted by molar-refractivity contribution is 0.0697. The highest BCUT2D eigenvalue weighted by molar-refractivity contribution is 5.94. The zero-order chi connectivity index (χ0) is 19.8. The minimum Gasteiger partial charge on any atom is -0.491 e. The van der Waals surface area contributed by atoms with Gasteiger partial charge in [-0.05, 0) is 74.2 Å². The minimum atomic E-state index is -1.06. The van der Waals surface area contributed by atoms with Crippen LogP contribution < -0.4 is 10.2 Å². The summed E-state index contributed by atoms with van der Waals surface area (Å²) in [5.41, 5.74) is 2.87. The van der Waals surface area contributed by atoms with Crippen LogP contribution in [0.15, 0.2) is 51.7 Å². The van der Waals surface area contributed by atoms with Crippen molar-refractivity contribution < 1.29 is 19.1 Å². The molecule has 142 valence electrons. The summed E-state index contributed by atoms with van der Waals surface area (Å²) < 4.78 is 11.8. The Morgan fingerprint density at radius 2 is 2.00 bits per heavy atom. The van der Waals surface area contributed by atoms with Crippen molar-refractivity contribution in [2.75, 3.05) is 0 Å². The first-order valence-corrected chi connectivity index (χ1v) is 9.23. The van der Waals surface area contributed by atoms with Crippen molar-refractivity contribution in [3.05, 3.63) is 75.1 Å². The van der Waals surface area contributed by atoms with E-state index in [0.717, 1.165) is 16.9 Å². The highest BCUT2D eigenvalue weighted by Crippen LogP contribution is 2.34. The summed E-state index contributed by atoms with van der Waals surface area (Å²) in [4.78, 5) is 24.1. The molecule has 0 atom stereocenters. The summed E-state index contributed by atoms with van der Waals surface area (Å²) in [6, 6.07) is 12.2. The van der Waals surface area contributed by atoms with Crippen molar-refractivity contribution in [3.63, 3.8) is 0 Å². The van der Waals surface area contributed by atoms with E-state index in [1.165, 1.54) is 12.1 Å². The highest BCUT2D eigenvalue weighted by atomic mass is 16.5. The molecular formula is C23H20O5. The lowest BCUT2D eigenvalue weighted by Gasteiger charge is -2.10. The maximum absolute atomic E-state index is 12.9. The van der Waals surface area contributed by atoms with Crippen molar-refractivity contribution in [3.8, 4) is 5.75 Å². The van der Waals surface area contributed by atoms with E-state index >= 15 is 0 Å². The van der Waals surface area contributed by atoms with Crippen LogP contribution in [0.2, 0.25) is 0 Å². The van der Waals surface area contributed by atoms with E-state index in [2.05, 4.69) is 0 Å². The molecule has 0 saturated heterocycles. The van der Waals surface area contributed by atoms with Gasteiger partial charge in [-0.3, -0.25) is 4.79 Å². The molecule has 28 heavy (non-hydrogen) atoms. The maximum Gasteiger partial charge on any atom is 0.335 e. The largest absolute Gasteiger partial charge is 0.491 e. The molecule has 0 radical (unpaired) electrons. The number of ether oxygens (including phenoxy) is 1. The third-order valence-electron chi connectivity index (χ3n) is 4.74. The molecule has 0 bridgehead atoms. The average molecular weight is 376 g/mol. The van der Waals surface area contributed by atoms with Gasteiger partial charge in [0.2, 0.25) is 0 Å². The monoisotopic (exact) mass is 376 g/mol. The van der Waals surface area contributed by atoms with E-state index in [1.807, 2.05) is 44.2 Å². The van der Waals surface area contributed by atoms with Crippen LogP contribution >= 0.6 is 0 Å². The van der Waals surface area contributed by atoms with Crippen molar-refractivity contribution in [1.29, 1.82) is 0 Å². The molecule has 4 rings (SSSR count). The smallest absolute Gasteiger partial charge is 0.335 e. The van der Waals surface area contributed by atoms with Crippen LogP contribution in [0.3, 0.4) is 0 Å². The van der Waals surface area contributed by atoms with Crippen LogP contribution in [0, 0.1) is 0 Å². The number of hydrogen-bond donors (Lipinski definition) is 1. The molecule has 0 aliphatic heterocycles. The summed E-state index contributed by atoms with van der Waals surface area (Å²) in [6.07, 6.45) is 3.39. The molecule has 0 unspecified atom stereocenters. The van der Waals surface area contributed by atoms with Crippen molar-refractivity contribution >= 4 is 28.6 Å². The fraction of sp³-hybridized carbons (Fsp3) is 0.217. The second kappa shape index (κ2) is 7.00. The molecule has 1 aliphatic rings. The Kier molecular flexibility index (Phi) is 4.51. The number of hydrogen-bond acceptors (Lipinski definition) is 4. The average Bonchev–Trinajstić information content (AvgIpc) is 3.04. The number of carbonyl (C=O) groups is 1. The zero-order valence-electron chi connectivity index (χ0n) is 15.7. The molecule has 1 heterocycles. The van der Waals surface area contributed by atoms with E-state index in [4.69, 9.17) is 14.3 Å². The number of allylic oxidation sites excluding steroid dienone is 1. The normalized spacial score (nSPS) is 14.6. The van der Waals surface area contributed by atoms with Gasteiger partial charge in [-0.15, -0.1) is 0 Å². The topological polar surface area (TPSA) is 76.7 Å². The van der Waals surface area contributed by atoms with E-state index in [1.54, 1.807) is 6.07 Å². The number of carboxylic acid groups (broad SMARTS) is 1. The Morgan fingerprint density at radius 3 is 2.75 bits per heavy atom. The Balaban J connectivity index is 1.78. The Hall–Kier alpha value is -3.34. The van der Waals surface area contributed by atoms with Crippen molar-refractivity contribution in [2.45, 2.75) is 32.8 Å². The minimum absolute atomic E-state index is 0.0791. The van der Waals surface area contributed by atoms with Gasteiger partial charge in [0, 0.05) is 5.56 Å². The number of aromatic carboxylic acids is 1. The lowest BCUT2D eigenvalue weighted by Crippen LogP contribution is -2.09. The first kappa shape index (κ1) is 18.0. The maximum atomic E-state index is 12.9. The van der Waals surface area contributed by atoms with E-state index in [0.29, 0.717) is 35.1 Å². The summed E-state index contributed by atoms with van der Waals surface area (Å²) in [7, 11) is 0. The van der Waals surface area contributed by atoms with Crippen LogP contribution in [0.4, 0.5) is 0 Å². The number of fused-ring (bicyclic) bond motifs is 2. The zero-order valence-corrected chi connectivity index (χ0v) is 15.7. The highest BCUT2D eigenvalue weighted by Gasteiger charge is 2.24. The molecule has 3 aromatic rings. The lowest BCUT2D eigenvalue weighted by atomic mass is 10.1. The molecule has 2 aromatic carbocycles. The summed E-state index contributed by atoms with van der Waals surface area (Å²) >= 11 is 0. The van der Waals surface area contributed by atoms with Gasteiger partial charge in [-0.1, -0.05) is 12.1 Å². The standard InChI is InChI=1S/C23H20O5/c1-13(2)27-17-5-3-4-14(11-17)10-15-6-8-18-21(24)19-12-16(23(25)26)7-9-20(19)28-22(15)18/h3-5,7,9-13H,6,8H2,1-2H3,(H,25,26). The second-order valence-electron chi connectivity index (χ2n) is 7.16. The molecule has 1 aliphatic carbocycles. The fourth-order valence-electron chi connectivity index (χ4n) is 3.52. The summed E-state index contributed by atoms with van der Waals surface area (Å²) in [5.74, 6) is 0.324. The fourth-order valence-corrected chi connectivity index (χ4v) is 3.52. The van der Waals surface area contributed by atoms with E-state index < -0.39 is 5.97 Å². The summed E-state index contributed by atoms with van der Waals surface area (Å²) in [5, 5.41) is 9.47. The van der Waals surface area contributed by atoms with Crippen molar-refractivity contribution in [1.82, 2.24) is 0 Å². The molecule has 5 nitrogen and oxygen atoms in total. The van der Waals surface area contributed by atoms with Crippen molar-refractivity contribution in [2.24, 2.45) is 0 Å². The predicted molar refractivity (Wildman–Crippen MR) is 108 cm³/mol. The van der Waals surface area contributed by atoms with E-state index in [9.17, 15) is 9.59 Å². The van der Waals surface area contributed by atoms with Crippen LogP contribution in [-0.4, -0.2) is 17.2 Å². The SMILES string of the molecule is CC(C)Oc1cccc(C=C2CCc3c2oc2ccc(C(=O)O)cc2c3=O)c1. The molecule has 0 spiro atoms. The van der Waals surface area contributed by atoms with E-state index in [-0.39, 0.29) is 17.1 Å². The van der Waals surface area contributed by atoms with Gasteiger partial charge < -0.3 is 14.3 Å².